The molecule has 144 valence electrons. The Morgan fingerprint density at radius 2 is 1.83 bits per heavy atom. The average Bonchev–Trinajstić information content (AvgIpc) is 3.18. The van der Waals surface area contributed by atoms with Crippen LogP contribution < -0.4 is 5.32 Å². The molecule has 0 radical (unpaired) electrons. The summed E-state index contributed by atoms with van der Waals surface area (Å²) in [5.41, 5.74) is 3.25. The lowest BCUT2D eigenvalue weighted by atomic mass is 10.1. The third-order valence-electron chi connectivity index (χ3n) is 4.39. The van der Waals surface area contributed by atoms with Crippen LogP contribution >= 0.6 is 0 Å². The van der Waals surface area contributed by atoms with Crippen molar-refractivity contribution in [3.05, 3.63) is 101 Å². The molecule has 0 unspecified atom stereocenters. The van der Waals surface area contributed by atoms with Gasteiger partial charge >= 0.3 is 0 Å². The summed E-state index contributed by atoms with van der Waals surface area (Å²) in [7, 11) is 0. The van der Waals surface area contributed by atoms with E-state index in [1.165, 1.54) is 12.1 Å². The summed E-state index contributed by atoms with van der Waals surface area (Å²) >= 11 is 0. The normalized spacial score (nSPS) is 10.7. The van der Waals surface area contributed by atoms with Gasteiger partial charge in [-0.15, -0.1) is 0 Å². The molecule has 0 bridgehead atoms. The molecule has 4 rings (SSSR count). The largest absolute Gasteiger partial charge is 0.375 e. The molecule has 7 nitrogen and oxygen atoms in total. The monoisotopic (exact) mass is 389 g/mol. The zero-order valence-electron chi connectivity index (χ0n) is 15.2. The molecule has 0 fully saturated rings. The molecule has 0 saturated heterocycles. The summed E-state index contributed by atoms with van der Waals surface area (Å²) in [6.07, 6.45) is 5.23. The number of pyridine rings is 1. The third-order valence-corrected chi connectivity index (χ3v) is 4.39. The van der Waals surface area contributed by atoms with Gasteiger partial charge in [0.1, 0.15) is 11.5 Å². The van der Waals surface area contributed by atoms with Gasteiger partial charge < -0.3 is 5.32 Å². The van der Waals surface area contributed by atoms with Gasteiger partial charge in [-0.05, 0) is 36.4 Å². The second-order valence-electron chi connectivity index (χ2n) is 6.29. The topological polar surface area (TPSA) is 85.9 Å². The fourth-order valence-electron chi connectivity index (χ4n) is 3.00. The Morgan fingerprint density at radius 1 is 1.07 bits per heavy atom. The molecule has 0 aliphatic heterocycles. The standard InChI is InChI=1S/C21H16FN5O2/c22-17-6-7-19(20(12-17)27(28)29)24-13-16-14-26(18-4-2-1-3-5-18)25-21(16)15-8-10-23-11-9-15/h1-12,14,24H,13H2. The van der Waals surface area contributed by atoms with Crippen molar-refractivity contribution < 1.29 is 9.31 Å². The van der Waals surface area contributed by atoms with E-state index in [9.17, 15) is 14.5 Å². The maximum atomic E-state index is 13.4. The zero-order valence-corrected chi connectivity index (χ0v) is 15.2. The van der Waals surface area contributed by atoms with Crippen molar-refractivity contribution in [3.8, 4) is 16.9 Å². The van der Waals surface area contributed by atoms with Gasteiger partial charge in [-0.25, -0.2) is 9.07 Å². The molecule has 29 heavy (non-hydrogen) atoms. The molecule has 0 spiro atoms. The lowest BCUT2D eigenvalue weighted by Crippen LogP contribution is -2.03. The first-order chi connectivity index (χ1) is 14.1. The number of benzene rings is 2. The Morgan fingerprint density at radius 3 is 2.55 bits per heavy atom. The van der Waals surface area contributed by atoms with E-state index in [4.69, 9.17) is 0 Å². The Kier molecular flexibility index (Phi) is 4.98. The van der Waals surface area contributed by atoms with Crippen LogP contribution in [0.1, 0.15) is 5.56 Å². The first kappa shape index (κ1) is 18.3. The molecule has 0 aliphatic carbocycles. The number of aromatic nitrogens is 3. The summed E-state index contributed by atoms with van der Waals surface area (Å²) in [6, 6.07) is 16.8. The van der Waals surface area contributed by atoms with E-state index in [-0.39, 0.29) is 17.9 Å². The van der Waals surface area contributed by atoms with E-state index in [1.54, 1.807) is 17.1 Å². The summed E-state index contributed by atoms with van der Waals surface area (Å²) < 4.78 is 15.2. The van der Waals surface area contributed by atoms with Crippen LogP contribution in [0.3, 0.4) is 0 Å². The van der Waals surface area contributed by atoms with E-state index in [1.807, 2.05) is 48.7 Å². The fourth-order valence-corrected chi connectivity index (χ4v) is 3.00. The van der Waals surface area contributed by atoms with Gasteiger partial charge in [-0.1, -0.05) is 18.2 Å². The maximum absolute atomic E-state index is 13.4. The van der Waals surface area contributed by atoms with Crippen molar-refractivity contribution >= 4 is 11.4 Å². The van der Waals surface area contributed by atoms with Crippen molar-refractivity contribution in [2.45, 2.75) is 6.54 Å². The van der Waals surface area contributed by atoms with E-state index in [2.05, 4.69) is 15.4 Å². The van der Waals surface area contributed by atoms with Crippen LogP contribution in [-0.4, -0.2) is 19.7 Å². The Balaban J connectivity index is 1.70. The molecular weight excluding hydrogens is 373 g/mol. The minimum absolute atomic E-state index is 0.240. The number of hydrogen-bond donors (Lipinski definition) is 1. The van der Waals surface area contributed by atoms with Gasteiger partial charge in [-0.2, -0.15) is 5.10 Å². The van der Waals surface area contributed by atoms with Gasteiger partial charge in [0.05, 0.1) is 22.4 Å². The molecule has 2 aromatic heterocycles. The third kappa shape index (κ3) is 3.96. The SMILES string of the molecule is O=[N+]([O-])c1cc(F)ccc1NCc1cn(-c2ccccc2)nc1-c1ccncc1. The second-order valence-corrected chi connectivity index (χ2v) is 6.29. The van der Waals surface area contributed by atoms with E-state index in [0.29, 0.717) is 0 Å². The maximum Gasteiger partial charge on any atom is 0.295 e. The van der Waals surface area contributed by atoms with Gasteiger partial charge in [-0.3, -0.25) is 15.1 Å². The smallest absolute Gasteiger partial charge is 0.295 e. The summed E-state index contributed by atoms with van der Waals surface area (Å²) in [5.74, 6) is -0.656. The highest BCUT2D eigenvalue weighted by Gasteiger charge is 2.17. The quantitative estimate of drug-likeness (QED) is 0.385. The Hall–Kier alpha value is -4.07. The number of nitro benzene ring substituents is 1. The van der Waals surface area contributed by atoms with Crippen LogP contribution in [0.2, 0.25) is 0 Å². The number of anilines is 1. The van der Waals surface area contributed by atoms with Gasteiger partial charge in [0.25, 0.3) is 5.69 Å². The van der Waals surface area contributed by atoms with Gasteiger partial charge in [0.15, 0.2) is 0 Å². The number of nitro groups is 1. The molecule has 0 amide bonds. The molecule has 8 heteroatoms. The van der Waals surface area contributed by atoms with E-state index in [0.717, 1.165) is 28.6 Å². The molecule has 0 atom stereocenters. The zero-order chi connectivity index (χ0) is 20.2. The molecule has 0 saturated carbocycles. The van der Waals surface area contributed by atoms with Crippen LogP contribution in [0.15, 0.2) is 79.3 Å². The Labute approximate surface area is 165 Å². The highest BCUT2D eigenvalue weighted by Crippen LogP contribution is 2.28. The van der Waals surface area contributed by atoms with E-state index >= 15 is 0 Å². The number of halogens is 1. The first-order valence-electron chi connectivity index (χ1n) is 8.84. The fraction of sp³-hybridized carbons (Fsp3) is 0.0476. The summed E-state index contributed by atoms with van der Waals surface area (Å²) in [6.45, 7) is 0.275. The Bertz CT molecular complexity index is 1150. The molecular formula is C21H16FN5O2. The lowest BCUT2D eigenvalue weighted by Gasteiger charge is -2.07. The predicted molar refractivity (Wildman–Crippen MR) is 107 cm³/mol. The number of para-hydroxylation sites is 1. The number of nitrogens with one attached hydrogen (secondary N) is 1. The van der Waals surface area contributed by atoms with Gasteiger partial charge in [0, 0.05) is 36.3 Å². The molecule has 4 aromatic rings. The minimum atomic E-state index is -0.656. The van der Waals surface area contributed by atoms with Gasteiger partial charge in [0.2, 0.25) is 0 Å². The number of rotatable bonds is 6. The summed E-state index contributed by atoms with van der Waals surface area (Å²) in [4.78, 5) is 14.7. The van der Waals surface area contributed by atoms with Crippen molar-refractivity contribution in [3.63, 3.8) is 0 Å². The van der Waals surface area contributed by atoms with Crippen LogP contribution in [0.4, 0.5) is 15.8 Å². The lowest BCUT2D eigenvalue weighted by molar-refractivity contribution is -0.384. The molecule has 2 aromatic carbocycles. The van der Waals surface area contributed by atoms with Crippen LogP contribution in [0.25, 0.3) is 16.9 Å². The molecule has 2 heterocycles. The molecule has 1 N–H and O–H groups in total. The van der Waals surface area contributed by atoms with Crippen molar-refractivity contribution in [1.82, 2.24) is 14.8 Å². The number of nitrogens with zero attached hydrogens (tertiary/aromatic N) is 4. The van der Waals surface area contributed by atoms with Crippen molar-refractivity contribution in [2.24, 2.45) is 0 Å². The van der Waals surface area contributed by atoms with Crippen molar-refractivity contribution in [2.75, 3.05) is 5.32 Å². The highest BCUT2D eigenvalue weighted by atomic mass is 19.1. The average molecular weight is 389 g/mol. The number of hydrogen-bond acceptors (Lipinski definition) is 5. The first-order valence-corrected chi connectivity index (χ1v) is 8.84. The van der Waals surface area contributed by atoms with Crippen LogP contribution in [0.5, 0.6) is 0 Å². The summed E-state index contributed by atoms with van der Waals surface area (Å²) in [5, 5.41) is 19.0. The van der Waals surface area contributed by atoms with Crippen LogP contribution in [-0.2, 0) is 6.54 Å². The van der Waals surface area contributed by atoms with Crippen molar-refractivity contribution in [1.29, 1.82) is 0 Å². The predicted octanol–water partition coefficient (Wildman–Crippen LogP) is 4.59. The van der Waals surface area contributed by atoms with E-state index < -0.39 is 10.7 Å². The highest BCUT2D eigenvalue weighted by molar-refractivity contribution is 5.65. The van der Waals surface area contributed by atoms with Crippen LogP contribution in [0, 0.1) is 15.9 Å². The minimum Gasteiger partial charge on any atom is -0.375 e. The second kappa shape index (κ2) is 7.89. The molecule has 0 aliphatic rings.